The third-order valence-electron chi connectivity index (χ3n) is 4.06. The van der Waals surface area contributed by atoms with Gasteiger partial charge in [-0.1, -0.05) is 18.5 Å². The Hall–Kier alpha value is -0.660. The number of hydrogen-bond donors (Lipinski definition) is 2. The zero-order chi connectivity index (χ0) is 15.4. The molecule has 0 radical (unpaired) electrons. The van der Waals surface area contributed by atoms with E-state index in [0.29, 0.717) is 6.42 Å². The van der Waals surface area contributed by atoms with E-state index in [1.165, 1.54) is 0 Å². The number of hydrazine groups is 1. The van der Waals surface area contributed by atoms with Crippen LogP contribution < -0.4 is 11.3 Å². The van der Waals surface area contributed by atoms with Gasteiger partial charge in [0.2, 0.25) is 0 Å². The van der Waals surface area contributed by atoms with E-state index in [-0.39, 0.29) is 12.1 Å². The first-order valence-electron chi connectivity index (χ1n) is 7.54. The van der Waals surface area contributed by atoms with Crippen molar-refractivity contribution in [3.8, 4) is 0 Å². The molecule has 2 heterocycles. The van der Waals surface area contributed by atoms with Crippen molar-refractivity contribution in [3.63, 3.8) is 0 Å². The second-order valence-corrected chi connectivity index (χ2v) is 6.03. The van der Waals surface area contributed by atoms with Gasteiger partial charge >= 0.3 is 0 Å². The van der Waals surface area contributed by atoms with Crippen LogP contribution in [0, 0.1) is 6.92 Å². The van der Waals surface area contributed by atoms with Crippen LogP contribution in [-0.4, -0.2) is 53.1 Å². The first-order valence-corrected chi connectivity index (χ1v) is 7.92. The Kier molecular flexibility index (Phi) is 6.01. The van der Waals surface area contributed by atoms with E-state index in [1.54, 1.807) is 0 Å². The summed E-state index contributed by atoms with van der Waals surface area (Å²) >= 11 is 6.33. The summed E-state index contributed by atoms with van der Waals surface area (Å²) in [6, 6.07) is 0.0250. The molecule has 0 bridgehead atoms. The van der Waals surface area contributed by atoms with Crippen molar-refractivity contribution in [2.24, 2.45) is 12.9 Å². The van der Waals surface area contributed by atoms with Crippen molar-refractivity contribution in [2.75, 3.05) is 26.2 Å². The van der Waals surface area contributed by atoms with Crippen LogP contribution in [0.1, 0.15) is 24.7 Å². The molecule has 3 N–H and O–H groups in total. The van der Waals surface area contributed by atoms with Gasteiger partial charge in [0.05, 0.1) is 35.2 Å². The summed E-state index contributed by atoms with van der Waals surface area (Å²) in [5.41, 5.74) is 4.74. The van der Waals surface area contributed by atoms with Crippen molar-refractivity contribution in [1.82, 2.24) is 20.1 Å². The SMILES string of the molecule is CCCN1CCOC(C(Cc2c(Cl)c(C)nn2C)NN)C1. The van der Waals surface area contributed by atoms with E-state index >= 15 is 0 Å². The minimum absolute atomic E-state index is 0.0250. The summed E-state index contributed by atoms with van der Waals surface area (Å²) in [4.78, 5) is 2.43. The highest BCUT2D eigenvalue weighted by atomic mass is 35.5. The quantitative estimate of drug-likeness (QED) is 0.602. The maximum Gasteiger partial charge on any atom is 0.0872 e. The monoisotopic (exact) mass is 315 g/mol. The second-order valence-electron chi connectivity index (χ2n) is 5.66. The van der Waals surface area contributed by atoms with Gasteiger partial charge in [0, 0.05) is 26.6 Å². The molecule has 0 saturated carbocycles. The van der Waals surface area contributed by atoms with Gasteiger partial charge in [-0.3, -0.25) is 20.9 Å². The first kappa shape index (κ1) is 16.7. The van der Waals surface area contributed by atoms with Gasteiger partial charge in [-0.15, -0.1) is 0 Å². The lowest BCUT2D eigenvalue weighted by Crippen LogP contribution is -2.55. The number of ether oxygens (including phenoxy) is 1. The fourth-order valence-electron chi connectivity index (χ4n) is 2.90. The first-order chi connectivity index (χ1) is 10.1. The van der Waals surface area contributed by atoms with Gasteiger partial charge in [-0.25, -0.2) is 0 Å². The van der Waals surface area contributed by atoms with Crippen molar-refractivity contribution in [2.45, 2.75) is 38.8 Å². The van der Waals surface area contributed by atoms with E-state index in [1.807, 2.05) is 18.7 Å². The minimum Gasteiger partial charge on any atom is -0.374 e. The van der Waals surface area contributed by atoms with Crippen LogP contribution in [0.4, 0.5) is 0 Å². The molecule has 120 valence electrons. The van der Waals surface area contributed by atoms with E-state index in [4.69, 9.17) is 22.2 Å². The fraction of sp³-hybridized carbons (Fsp3) is 0.786. The van der Waals surface area contributed by atoms with E-state index in [0.717, 1.165) is 49.1 Å². The van der Waals surface area contributed by atoms with E-state index in [9.17, 15) is 0 Å². The topological polar surface area (TPSA) is 68.3 Å². The van der Waals surface area contributed by atoms with Gasteiger partial charge in [-0.2, -0.15) is 5.10 Å². The van der Waals surface area contributed by atoms with Gasteiger partial charge in [0.25, 0.3) is 0 Å². The van der Waals surface area contributed by atoms with E-state index in [2.05, 4.69) is 22.3 Å². The standard InChI is InChI=1S/C14H26ClN5O/c1-4-5-20-6-7-21-13(9-20)11(17-16)8-12-14(15)10(2)18-19(12)3/h11,13,17H,4-9,16H2,1-3H3. The van der Waals surface area contributed by atoms with Gasteiger partial charge in [-0.05, 0) is 19.9 Å². The predicted molar refractivity (Wildman–Crippen MR) is 84.2 cm³/mol. The molecule has 0 spiro atoms. The molecule has 1 aliphatic heterocycles. The largest absolute Gasteiger partial charge is 0.374 e. The zero-order valence-electron chi connectivity index (χ0n) is 13.1. The summed E-state index contributed by atoms with van der Waals surface area (Å²) in [7, 11) is 1.91. The third-order valence-corrected chi connectivity index (χ3v) is 4.55. The molecule has 2 unspecified atom stereocenters. The Morgan fingerprint density at radius 2 is 2.33 bits per heavy atom. The second kappa shape index (κ2) is 7.56. The van der Waals surface area contributed by atoms with Crippen LogP contribution in [-0.2, 0) is 18.2 Å². The number of halogens is 1. The third kappa shape index (κ3) is 3.96. The van der Waals surface area contributed by atoms with Crippen LogP contribution in [0.25, 0.3) is 0 Å². The molecule has 7 heteroatoms. The molecule has 0 aliphatic carbocycles. The van der Waals surface area contributed by atoms with Crippen LogP contribution in [0.3, 0.4) is 0 Å². The normalized spacial score (nSPS) is 21.7. The summed E-state index contributed by atoms with van der Waals surface area (Å²) in [5.74, 6) is 5.76. The molecule has 1 aliphatic rings. The van der Waals surface area contributed by atoms with Crippen LogP contribution >= 0.6 is 11.6 Å². The smallest absolute Gasteiger partial charge is 0.0872 e. The number of rotatable bonds is 6. The Morgan fingerprint density at radius 1 is 1.57 bits per heavy atom. The van der Waals surface area contributed by atoms with Gasteiger partial charge < -0.3 is 4.74 Å². The molecule has 2 atom stereocenters. The maximum absolute atomic E-state index is 6.33. The van der Waals surface area contributed by atoms with Crippen molar-refractivity contribution >= 4 is 11.6 Å². The Labute approximate surface area is 131 Å². The average molecular weight is 316 g/mol. The van der Waals surface area contributed by atoms with Crippen LogP contribution in [0.5, 0.6) is 0 Å². The number of hydrogen-bond acceptors (Lipinski definition) is 5. The van der Waals surface area contributed by atoms with Crippen molar-refractivity contribution in [3.05, 3.63) is 16.4 Å². The molecular weight excluding hydrogens is 290 g/mol. The zero-order valence-corrected chi connectivity index (χ0v) is 13.9. The Morgan fingerprint density at radius 3 is 2.90 bits per heavy atom. The lowest BCUT2D eigenvalue weighted by Gasteiger charge is -2.36. The lowest BCUT2D eigenvalue weighted by molar-refractivity contribution is -0.0464. The van der Waals surface area contributed by atoms with Crippen LogP contribution in [0.15, 0.2) is 0 Å². The van der Waals surface area contributed by atoms with Gasteiger partial charge in [0.15, 0.2) is 0 Å². The number of nitrogens with zero attached hydrogens (tertiary/aromatic N) is 3. The summed E-state index contributed by atoms with van der Waals surface area (Å²) < 4.78 is 7.74. The fourth-order valence-corrected chi connectivity index (χ4v) is 3.14. The van der Waals surface area contributed by atoms with Gasteiger partial charge in [0.1, 0.15) is 0 Å². The minimum atomic E-state index is 0.0250. The summed E-state index contributed by atoms with van der Waals surface area (Å²) in [6.45, 7) is 7.85. The molecule has 1 aromatic rings. The molecule has 6 nitrogen and oxygen atoms in total. The predicted octanol–water partition coefficient (Wildman–Crippen LogP) is 0.867. The highest BCUT2D eigenvalue weighted by Gasteiger charge is 2.29. The molecular formula is C14H26ClN5O. The number of aromatic nitrogens is 2. The molecule has 2 rings (SSSR count). The molecule has 1 saturated heterocycles. The summed E-state index contributed by atoms with van der Waals surface area (Å²) in [5, 5.41) is 5.07. The molecule has 1 fully saturated rings. The molecule has 21 heavy (non-hydrogen) atoms. The Bertz CT molecular complexity index is 462. The molecule has 0 aromatic carbocycles. The van der Waals surface area contributed by atoms with Crippen molar-refractivity contribution < 1.29 is 4.74 Å². The summed E-state index contributed by atoms with van der Waals surface area (Å²) in [6.07, 6.45) is 1.93. The average Bonchev–Trinajstić information content (AvgIpc) is 2.71. The lowest BCUT2D eigenvalue weighted by atomic mass is 10.0. The number of nitrogens with two attached hydrogens (primary N) is 1. The number of nitrogens with one attached hydrogen (secondary N) is 1. The van der Waals surface area contributed by atoms with E-state index < -0.39 is 0 Å². The van der Waals surface area contributed by atoms with Crippen molar-refractivity contribution in [1.29, 1.82) is 0 Å². The Balaban J connectivity index is 2.05. The maximum atomic E-state index is 6.33. The number of aryl methyl sites for hydroxylation is 2. The van der Waals surface area contributed by atoms with Crippen LogP contribution in [0.2, 0.25) is 5.02 Å². The highest BCUT2D eigenvalue weighted by Crippen LogP contribution is 2.22. The molecule has 0 amide bonds. The number of morpholine rings is 1. The highest BCUT2D eigenvalue weighted by molar-refractivity contribution is 6.31. The molecule has 1 aromatic heterocycles.